The quantitative estimate of drug-likeness (QED) is 0.626. The van der Waals surface area contributed by atoms with Gasteiger partial charge in [-0.05, 0) is 12.1 Å². The topological polar surface area (TPSA) is 73.6 Å². The number of aromatic amines is 2. The van der Waals surface area contributed by atoms with Crippen molar-refractivity contribution in [2.24, 2.45) is 0 Å². The molecular formula is C12H10N4O. The van der Waals surface area contributed by atoms with Crippen LogP contribution in [-0.4, -0.2) is 20.9 Å². The van der Waals surface area contributed by atoms with Crippen LogP contribution in [-0.2, 0) is 0 Å². The Labute approximate surface area is 96.9 Å². The normalized spacial score (nSPS) is 10.6. The van der Waals surface area contributed by atoms with Gasteiger partial charge in [0.25, 0.3) is 5.91 Å². The maximum atomic E-state index is 11.7. The molecule has 5 heteroatoms. The second-order valence-electron chi connectivity index (χ2n) is 3.66. The Balaban J connectivity index is 1.88. The van der Waals surface area contributed by atoms with Gasteiger partial charge in [0.2, 0.25) is 0 Å². The lowest BCUT2D eigenvalue weighted by Gasteiger charge is -1.98. The number of hydrogen-bond acceptors (Lipinski definition) is 2. The van der Waals surface area contributed by atoms with Crippen LogP contribution in [0.1, 0.15) is 10.6 Å². The Bertz CT molecular complexity index is 621. The first kappa shape index (κ1) is 9.65. The van der Waals surface area contributed by atoms with Gasteiger partial charge in [0.05, 0.1) is 0 Å². The highest BCUT2D eigenvalue weighted by atomic mass is 16.2. The van der Waals surface area contributed by atoms with Crippen LogP contribution >= 0.6 is 0 Å². The van der Waals surface area contributed by atoms with Crippen molar-refractivity contribution in [1.29, 1.82) is 0 Å². The number of H-pyrrole nitrogens is 2. The first-order valence-electron chi connectivity index (χ1n) is 5.21. The molecule has 0 aliphatic heterocycles. The zero-order valence-corrected chi connectivity index (χ0v) is 8.90. The number of carbonyl (C=O) groups is 1. The van der Waals surface area contributed by atoms with Crippen molar-refractivity contribution < 1.29 is 4.79 Å². The van der Waals surface area contributed by atoms with Crippen molar-refractivity contribution in [2.45, 2.75) is 0 Å². The first-order valence-corrected chi connectivity index (χ1v) is 5.21. The minimum Gasteiger partial charge on any atom is -0.341 e. The monoisotopic (exact) mass is 226 g/mol. The van der Waals surface area contributed by atoms with Gasteiger partial charge < -0.3 is 15.3 Å². The Kier molecular flexibility index (Phi) is 2.15. The predicted molar refractivity (Wildman–Crippen MR) is 64.8 cm³/mol. The van der Waals surface area contributed by atoms with Gasteiger partial charge in [0.1, 0.15) is 5.82 Å². The molecule has 1 amide bonds. The molecule has 0 aliphatic rings. The summed E-state index contributed by atoms with van der Waals surface area (Å²) in [6.07, 6.45) is 3.15. The fourth-order valence-corrected chi connectivity index (χ4v) is 1.71. The van der Waals surface area contributed by atoms with Crippen molar-refractivity contribution >= 4 is 22.6 Å². The van der Waals surface area contributed by atoms with E-state index >= 15 is 0 Å². The number of para-hydroxylation sites is 1. The number of aromatic nitrogens is 3. The second-order valence-corrected chi connectivity index (χ2v) is 3.66. The van der Waals surface area contributed by atoms with Crippen LogP contribution in [0.2, 0.25) is 0 Å². The zero-order valence-electron chi connectivity index (χ0n) is 8.90. The predicted octanol–water partition coefficient (Wildman–Crippen LogP) is 2.14. The number of carbonyl (C=O) groups excluding carboxylic acids is 1. The SMILES string of the molecule is O=C(Nc1cc2ccccc2[nH]1)c1ncc[nH]1. The van der Waals surface area contributed by atoms with Gasteiger partial charge >= 0.3 is 0 Å². The summed E-state index contributed by atoms with van der Waals surface area (Å²) in [6.45, 7) is 0. The lowest BCUT2D eigenvalue weighted by atomic mass is 10.2. The molecule has 0 saturated heterocycles. The standard InChI is InChI=1S/C12H10N4O/c17-12(11-13-5-6-14-11)16-10-7-8-3-1-2-4-9(8)15-10/h1-7,15H,(H,13,14)(H,16,17). The van der Waals surface area contributed by atoms with Crippen molar-refractivity contribution in [3.05, 3.63) is 48.5 Å². The van der Waals surface area contributed by atoms with Crippen LogP contribution in [0.4, 0.5) is 5.82 Å². The number of imidazole rings is 1. The van der Waals surface area contributed by atoms with Crippen LogP contribution in [0, 0.1) is 0 Å². The maximum Gasteiger partial charge on any atom is 0.292 e. The highest BCUT2D eigenvalue weighted by Crippen LogP contribution is 2.18. The minimum atomic E-state index is -0.262. The van der Waals surface area contributed by atoms with Crippen LogP contribution < -0.4 is 5.32 Å². The van der Waals surface area contributed by atoms with Crippen LogP contribution in [0.25, 0.3) is 10.9 Å². The number of rotatable bonds is 2. The molecule has 3 aromatic rings. The molecule has 0 atom stereocenters. The number of benzene rings is 1. The number of fused-ring (bicyclic) bond motifs is 1. The summed E-state index contributed by atoms with van der Waals surface area (Å²) in [5.41, 5.74) is 0.988. The van der Waals surface area contributed by atoms with Crippen molar-refractivity contribution in [1.82, 2.24) is 15.0 Å². The summed E-state index contributed by atoms with van der Waals surface area (Å²) in [5, 5.41) is 3.80. The first-order chi connectivity index (χ1) is 8.33. The van der Waals surface area contributed by atoms with Crippen LogP contribution in [0.15, 0.2) is 42.7 Å². The number of amides is 1. The van der Waals surface area contributed by atoms with E-state index in [1.54, 1.807) is 12.4 Å². The van der Waals surface area contributed by atoms with Crippen molar-refractivity contribution in [3.63, 3.8) is 0 Å². The maximum absolute atomic E-state index is 11.7. The molecule has 0 aliphatic carbocycles. The largest absolute Gasteiger partial charge is 0.341 e. The molecule has 3 rings (SSSR count). The van der Waals surface area contributed by atoms with Gasteiger partial charge in [-0.25, -0.2) is 4.98 Å². The summed E-state index contributed by atoms with van der Waals surface area (Å²) in [4.78, 5) is 21.5. The van der Waals surface area contributed by atoms with Gasteiger partial charge in [-0.3, -0.25) is 4.79 Å². The van der Waals surface area contributed by atoms with Gasteiger partial charge in [-0.1, -0.05) is 18.2 Å². The molecule has 5 nitrogen and oxygen atoms in total. The van der Waals surface area contributed by atoms with Gasteiger partial charge in [-0.15, -0.1) is 0 Å². The van der Waals surface area contributed by atoms with Crippen molar-refractivity contribution in [3.8, 4) is 0 Å². The molecule has 0 bridgehead atoms. The van der Waals surface area contributed by atoms with E-state index in [9.17, 15) is 4.79 Å². The number of nitrogens with zero attached hydrogens (tertiary/aromatic N) is 1. The molecule has 1 aromatic carbocycles. The fourth-order valence-electron chi connectivity index (χ4n) is 1.71. The van der Waals surface area contributed by atoms with Crippen LogP contribution in [0.3, 0.4) is 0 Å². The highest BCUT2D eigenvalue weighted by Gasteiger charge is 2.09. The third-order valence-electron chi connectivity index (χ3n) is 2.49. The zero-order chi connectivity index (χ0) is 11.7. The van der Waals surface area contributed by atoms with Gasteiger partial charge in [0, 0.05) is 23.3 Å². The molecule has 0 unspecified atom stereocenters. The molecule has 0 spiro atoms. The number of nitrogens with one attached hydrogen (secondary N) is 3. The van der Waals surface area contributed by atoms with E-state index in [0.29, 0.717) is 11.6 Å². The van der Waals surface area contributed by atoms with E-state index in [0.717, 1.165) is 10.9 Å². The highest BCUT2D eigenvalue weighted by molar-refractivity contribution is 6.02. The fraction of sp³-hybridized carbons (Fsp3) is 0. The van der Waals surface area contributed by atoms with Crippen LogP contribution in [0.5, 0.6) is 0 Å². The minimum absolute atomic E-state index is 0.262. The van der Waals surface area contributed by atoms with E-state index in [4.69, 9.17) is 0 Å². The summed E-state index contributed by atoms with van der Waals surface area (Å²) in [5.74, 6) is 0.692. The molecule has 2 aromatic heterocycles. The summed E-state index contributed by atoms with van der Waals surface area (Å²) >= 11 is 0. The molecule has 2 heterocycles. The average molecular weight is 226 g/mol. The molecule has 0 radical (unpaired) electrons. The van der Waals surface area contributed by atoms with E-state index in [1.807, 2.05) is 30.3 Å². The molecule has 17 heavy (non-hydrogen) atoms. The van der Waals surface area contributed by atoms with Crippen molar-refractivity contribution in [2.75, 3.05) is 5.32 Å². The average Bonchev–Trinajstić information content (AvgIpc) is 2.97. The summed E-state index contributed by atoms with van der Waals surface area (Å²) in [7, 11) is 0. The Morgan fingerprint density at radius 2 is 2.18 bits per heavy atom. The molecule has 84 valence electrons. The van der Waals surface area contributed by atoms with E-state index < -0.39 is 0 Å². The Morgan fingerprint density at radius 3 is 2.94 bits per heavy atom. The number of hydrogen-bond donors (Lipinski definition) is 3. The van der Waals surface area contributed by atoms with E-state index in [-0.39, 0.29) is 5.91 Å². The molecule has 0 fully saturated rings. The van der Waals surface area contributed by atoms with E-state index in [1.165, 1.54) is 0 Å². The lowest BCUT2D eigenvalue weighted by Crippen LogP contribution is -2.13. The number of anilines is 1. The second kappa shape index (κ2) is 3.79. The molecule has 3 N–H and O–H groups in total. The van der Waals surface area contributed by atoms with Gasteiger partial charge in [-0.2, -0.15) is 0 Å². The summed E-state index contributed by atoms with van der Waals surface area (Å²) in [6, 6.07) is 9.72. The smallest absolute Gasteiger partial charge is 0.292 e. The molecular weight excluding hydrogens is 216 g/mol. The third-order valence-corrected chi connectivity index (χ3v) is 2.49. The Morgan fingerprint density at radius 1 is 1.29 bits per heavy atom. The Hall–Kier alpha value is -2.56. The summed E-state index contributed by atoms with van der Waals surface area (Å²) < 4.78 is 0. The van der Waals surface area contributed by atoms with E-state index in [2.05, 4.69) is 20.3 Å². The lowest BCUT2D eigenvalue weighted by molar-refractivity contribution is 0.101. The third kappa shape index (κ3) is 1.78. The molecule has 0 saturated carbocycles. The van der Waals surface area contributed by atoms with Gasteiger partial charge in [0.15, 0.2) is 5.82 Å².